The lowest BCUT2D eigenvalue weighted by Crippen LogP contribution is -2.28. The molecule has 0 saturated heterocycles. The van der Waals surface area contributed by atoms with E-state index < -0.39 is 0 Å². The van der Waals surface area contributed by atoms with Crippen molar-refractivity contribution in [3.63, 3.8) is 0 Å². The summed E-state index contributed by atoms with van der Waals surface area (Å²) in [5.41, 5.74) is 12.7. The zero-order valence-corrected chi connectivity index (χ0v) is 27.1. The molecule has 0 bridgehead atoms. The summed E-state index contributed by atoms with van der Waals surface area (Å²) in [5.74, 6) is 1.86. The Morgan fingerprint density at radius 3 is 1.96 bits per heavy atom. The van der Waals surface area contributed by atoms with E-state index in [-0.39, 0.29) is 5.41 Å². The summed E-state index contributed by atoms with van der Waals surface area (Å²) in [6.45, 7) is 0. The normalized spacial score (nSPS) is 14.7. The molecule has 6 aromatic carbocycles. The molecule has 0 aliphatic heterocycles. The molecule has 8 aromatic rings. The van der Waals surface area contributed by atoms with Crippen molar-refractivity contribution in [1.82, 2.24) is 15.0 Å². The number of fused-ring (bicyclic) bond motifs is 8. The highest BCUT2D eigenvalue weighted by atomic mass is 16.3. The molecule has 10 rings (SSSR count). The molecular weight excluding hydrogens is 599 g/mol. The summed E-state index contributed by atoms with van der Waals surface area (Å²) in [5, 5.41) is 2.13. The minimum Gasteiger partial charge on any atom is -0.455 e. The van der Waals surface area contributed by atoms with Crippen molar-refractivity contribution in [2.24, 2.45) is 0 Å². The lowest BCUT2D eigenvalue weighted by Gasteiger charge is -2.36. The van der Waals surface area contributed by atoms with Crippen LogP contribution in [0.25, 0.3) is 78.4 Å². The third-order valence-corrected chi connectivity index (χ3v) is 10.7. The fraction of sp³-hybridized carbons (Fsp3) is 0.133. The fourth-order valence-corrected chi connectivity index (χ4v) is 8.43. The van der Waals surface area contributed by atoms with Gasteiger partial charge in [0.15, 0.2) is 17.5 Å². The van der Waals surface area contributed by atoms with Crippen LogP contribution in [0.3, 0.4) is 0 Å². The fourth-order valence-electron chi connectivity index (χ4n) is 8.43. The van der Waals surface area contributed by atoms with Crippen LogP contribution in [0.1, 0.15) is 43.2 Å². The number of hydrogen-bond acceptors (Lipinski definition) is 4. The van der Waals surface area contributed by atoms with E-state index in [1.165, 1.54) is 59.9 Å². The zero-order valence-electron chi connectivity index (χ0n) is 27.1. The van der Waals surface area contributed by atoms with Gasteiger partial charge in [0.25, 0.3) is 0 Å². The second-order valence-electron chi connectivity index (χ2n) is 13.5. The van der Waals surface area contributed by atoms with E-state index in [4.69, 9.17) is 19.4 Å². The minimum atomic E-state index is 0.114. The van der Waals surface area contributed by atoms with Gasteiger partial charge in [0, 0.05) is 27.3 Å². The van der Waals surface area contributed by atoms with Crippen LogP contribution in [0, 0.1) is 0 Å². The van der Waals surface area contributed by atoms with Gasteiger partial charge in [-0.3, -0.25) is 0 Å². The number of nitrogens with zero attached hydrogens (tertiary/aromatic N) is 3. The molecule has 4 heteroatoms. The van der Waals surface area contributed by atoms with Crippen molar-refractivity contribution in [3.05, 3.63) is 151 Å². The van der Waals surface area contributed by atoms with Gasteiger partial charge in [0.2, 0.25) is 0 Å². The molecule has 2 aliphatic rings. The molecular formula is C45H33N3O. The standard InChI is InChI=1S/C45H33N3O/c1-3-13-29(14-4-1)42-46-43(48-44(47-42)37-20-12-19-36-35-18-6-8-22-40(35)49-41(36)37)32-16-11-15-30(27-32)31-23-24-34-33-17-5-7-21-38(33)45(39(34)28-31)25-9-2-10-26-45/h1,3-8,11-24,27-28H,2,9-10,25-26H2. The monoisotopic (exact) mass is 631 g/mol. The topological polar surface area (TPSA) is 51.8 Å². The Morgan fingerprint density at radius 1 is 0.429 bits per heavy atom. The Kier molecular flexibility index (Phi) is 6.38. The highest BCUT2D eigenvalue weighted by molar-refractivity contribution is 6.09. The molecule has 49 heavy (non-hydrogen) atoms. The van der Waals surface area contributed by atoms with E-state index in [0.717, 1.165) is 44.2 Å². The van der Waals surface area contributed by atoms with Gasteiger partial charge in [-0.1, -0.05) is 135 Å². The van der Waals surface area contributed by atoms with Gasteiger partial charge in [-0.2, -0.15) is 0 Å². The number of aromatic nitrogens is 3. The van der Waals surface area contributed by atoms with E-state index in [1.807, 2.05) is 54.6 Å². The van der Waals surface area contributed by atoms with Crippen molar-refractivity contribution in [2.75, 3.05) is 0 Å². The lowest BCUT2D eigenvalue weighted by atomic mass is 9.67. The van der Waals surface area contributed by atoms with Crippen molar-refractivity contribution >= 4 is 21.9 Å². The van der Waals surface area contributed by atoms with Crippen LogP contribution >= 0.6 is 0 Å². The van der Waals surface area contributed by atoms with Gasteiger partial charge in [-0.25, -0.2) is 15.0 Å². The van der Waals surface area contributed by atoms with Crippen LogP contribution < -0.4 is 0 Å². The molecule has 0 unspecified atom stereocenters. The second kappa shape index (κ2) is 11.1. The van der Waals surface area contributed by atoms with Gasteiger partial charge in [-0.15, -0.1) is 0 Å². The summed E-state index contributed by atoms with van der Waals surface area (Å²) >= 11 is 0. The predicted molar refractivity (Wildman–Crippen MR) is 198 cm³/mol. The third kappa shape index (κ3) is 4.48. The highest BCUT2D eigenvalue weighted by Crippen LogP contribution is 2.56. The molecule has 1 saturated carbocycles. The Balaban J connectivity index is 1.12. The first-order valence-corrected chi connectivity index (χ1v) is 17.3. The highest BCUT2D eigenvalue weighted by Gasteiger charge is 2.43. The van der Waals surface area contributed by atoms with E-state index in [1.54, 1.807) is 0 Å². The van der Waals surface area contributed by atoms with E-state index >= 15 is 0 Å². The van der Waals surface area contributed by atoms with Crippen LogP contribution in [0.15, 0.2) is 144 Å². The Morgan fingerprint density at radius 2 is 1.06 bits per heavy atom. The molecule has 0 N–H and O–H groups in total. The molecule has 2 aliphatic carbocycles. The summed E-state index contributed by atoms with van der Waals surface area (Å²) < 4.78 is 6.41. The summed E-state index contributed by atoms with van der Waals surface area (Å²) in [4.78, 5) is 15.2. The molecule has 1 spiro atoms. The molecule has 2 aromatic heterocycles. The average molecular weight is 632 g/mol. The van der Waals surface area contributed by atoms with Gasteiger partial charge in [0.05, 0.1) is 5.56 Å². The van der Waals surface area contributed by atoms with Crippen molar-refractivity contribution < 1.29 is 4.42 Å². The van der Waals surface area contributed by atoms with E-state index in [9.17, 15) is 0 Å². The van der Waals surface area contributed by atoms with Crippen LogP contribution in [-0.2, 0) is 5.41 Å². The number of benzene rings is 6. The van der Waals surface area contributed by atoms with Crippen molar-refractivity contribution in [2.45, 2.75) is 37.5 Å². The number of rotatable bonds is 4. The summed E-state index contributed by atoms with van der Waals surface area (Å²) in [7, 11) is 0. The Bertz CT molecular complexity index is 2540. The minimum absolute atomic E-state index is 0.114. The number of hydrogen-bond donors (Lipinski definition) is 0. The Labute approximate surface area is 285 Å². The summed E-state index contributed by atoms with van der Waals surface area (Å²) in [6.07, 6.45) is 6.31. The molecule has 234 valence electrons. The SMILES string of the molecule is c1ccc(-c2nc(-c3cccc(-c4ccc5c(c4)C4(CCCCC4)c4ccccc4-5)c3)nc(-c3cccc4c3oc3ccccc34)n2)cc1. The maximum atomic E-state index is 6.41. The summed E-state index contributed by atoms with van der Waals surface area (Å²) in [6, 6.07) is 49.3. The predicted octanol–water partition coefficient (Wildman–Crippen LogP) is 11.7. The van der Waals surface area contributed by atoms with Crippen LogP contribution in [0.5, 0.6) is 0 Å². The second-order valence-corrected chi connectivity index (χ2v) is 13.5. The van der Waals surface area contributed by atoms with Gasteiger partial charge >= 0.3 is 0 Å². The van der Waals surface area contributed by atoms with Gasteiger partial charge in [0.1, 0.15) is 11.2 Å². The Hall–Kier alpha value is -5.87. The van der Waals surface area contributed by atoms with Gasteiger partial charge < -0.3 is 4.42 Å². The third-order valence-electron chi connectivity index (χ3n) is 10.7. The van der Waals surface area contributed by atoms with E-state index in [2.05, 4.69) is 84.9 Å². The van der Waals surface area contributed by atoms with Crippen molar-refractivity contribution in [1.29, 1.82) is 0 Å². The number of para-hydroxylation sites is 2. The first-order chi connectivity index (χ1) is 24.2. The zero-order chi connectivity index (χ0) is 32.4. The molecule has 0 atom stereocenters. The molecule has 1 fully saturated rings. The lowest BCUT2D eigenvalue weighted by molar-refractivity contribution is 0.353. The molecule has 0 amide bonds. The van der Waals surface area contributed by atoms with Crippen LogP contribution in [-0.4, -0.2) is 15.0 Å². The molecule has 4 nitrogen and oxygen atoms in total. The first kappa shape index (κ1) is 28.2. The molecule has 0 radical (unpaired) electrons. The maximum absolute atomic E-state index is 6.41. The maximum Gasteiger partial charge on any atom is 0.167 e. The largest absolute Gasteiger partial charge is 0.455 e. The quantitative estimate of drug-likeness (QED) is 0.194. The smallest absolute Gasteiger partial charge is 0.167 e. The average Bonchev–Trinajstić information content (AvgIpc) is 3.69. The van der Waals surface area contributed by atoms with Crippen molar-refractivity contribution in [3.8, 4) is 56.4 Å². The first-order valence-electron chi connectivity index (χ1n) is 17.3. The van der Waals surface area contributed by atoms with E-state index in [0.29, 0.717) is 17.5 Å². The van der Waals surface area contributed by atoms with Crippen LogP contribution in [0.4, 0.5) is 0 Å². The van der Waals surface area contributed by atoms with Gasteiger partial charge in [-0.05, 0) is 70.5 Å². The van der Waals surface area contributed by atoms with Crippen LogP contribution in [0.2, 0.25) is 0 Å². The molecule has 2 heterocycles. The number of furan rings is 1.